The molecule has 0 aliphatic rings. The van der Waals surface area contributed by atoms with Crippen LogP contribution in [0.25, 0.3) is 16.7 Å². The maximum atomic E-state index is 12.0. The first kappa shape index (κ1) is 16.9. The summed E-state index contributed by atoms with van der Waals surface area (Å²) in [7, 11) is 0. The highest BCUT2D eigenvalue weighted by Gasteiger charge is 2.12. The lowest BCUT2D eigenvalue weighted by Crippen LogP contribution is -2.06. The molecule has 4 aromatic rings. The van der Waals surface area contributed by atoms with Crippen LogP contribution in [-0.4, -0.2) is 37.6 Å². The van der Waals surface area contributed by atoms with E-state index in [2.05, 4.69) is 32.7 Å². The van der Waals surface area contributed by atoms with E-state index >= 15 is 0 Å². The van der Waals surface area contributed by atoms with Gasteiger partial charge in [0.2, 0.25) is 5.65 Å². The molecule has 0 saturated carbocycles. The zero-order valence-corrected chi connectivity index (χ0v) is 14.8. The van der Waals surface area contributed by atoms with E-state index in [1.807, 2.05) is 24.3 Å². The van der Waals surface area contributed by atoms with Gasteiger partial charge in [-0.15, -0.1) is 5.10 Å². The maximum Gasteiger partial charge on any atom is 0.338 e. The highest BCUT2D eigenvalue weighted by Crippen LogP contribution is 2.22. The number of anilines is 2. The molecule has 0 radical (unpaired) electrons. The van der Waals surface area contributed by atoms with Gasteiger partial charge in [-0.3, -0.25) is 0 Å². The molecule has 2 aromatic heterocycles. The van der Waals surface area contributed by atoms with Gasteiger partial charge in [-0.25, -0.2) is 9.78 Å². The van der Waals surface area contributed by atoms with Gasteiger partial charge in [-0.05, 0) is 53.2 Å². The first-order chi connectivity index (χ1) is 13.3. The van der Waals surface area contributed by atoms with E-state index in [-0.39, 0.29) is 5.97 Å². The zero-order chi connectivity index (χ0) is 18.6. The zero-order valence-electron chi connectivity index (χ0n) is 14.8. The number of unbranched alkanes of at least 4 members (excludes halogenated alkanes) is 1. The summed E-state index contributed by atoms with van der Waals surface area (Å²) in [6.07, 6.45) is 1.85. The number of benzene rings is 2. The lowest BCUT2D eigenvalue weighted by Gasteiger charge is -2.09. The Bertz CT molecular complexity index is 1090. The fourth-order valence-corrected chi connectivity index (χ4v) is 2.71. The van der Waals surface area contributed by atoms with Crippen molar-refractivity contribution in [1.82, 2.24) is 25.0 Å². The van der Waals surface area contributed by atoms with Gasteiger partial charge in [0, 0.05) is 5.69 Å². The predicted octanol–water partition coefficient (Wildman–Crippen LogP) is 3.37. The molecule has 8 nitrogen and oxygen atoms in total. The molecule has 27 heavy (non-hydrogen) atoms. The molecule has 0 saturated heterocycles. The number of carbonyl (C=O) groups excluding carboxylic acids is 1. The van der Waals surface area contributed by atoms with Gasteiger partial charge >= 0.3 is 5.97 Å². The number of nitrogens with one attached hydrogen (secondary N) is 1. The SMILES string of the molecule is CCCCOC(=O)c1ccc(Nc2nc3ccccc3n3nnnc23)cc1. The third kappa shape index (κ3) is 3.41. The minimum atomic E-state index is -0.317. The standard InChI is InChI=1S/C19H18N6O2/c1-2-3-12-27-19(26)13-8-10-14(11-9-13)20-17-18-22-23-24-25(18)16-7-5-4-6-15(16)21-17/h4-11H,2-3,12H2,1H3,(H,20,21). The monoisotopic (exact) mass is 362 g/mol. The molecular weight excluding hydrogens is 344 g/mol. The van der Waals surface area contributed by atoms with Crippen LogP contribution in [-0.2, 0) is 4.74 Å². The van der Waals surface area contributed by atoms with Gasteiger partial charge in [0.1, 0.15) is 0 Å². The number of hydrogen-bond acceptors (Lipinski definition) is 7. The molecule has 8 heteroatoms. The van der Waals surface area contributed by atoms with Crippen molar-refractivity contribution in [2.45, 2.75) is 19.8 Å². The largest absolute Gasteiger partial charge is 0.462 e. The summed E-state index contributed by atoms with van der Waals surface area (Å²) in [5.41, 5.74) is 3.41. The first-order valence-corrected chi connectivity index (χ1v) is 8.77. The van der Waals surface area contributed by atoms with E-state index < -0.39 is 0 Å². The van der Waals surface area contributed by atoms with E-state index in [0.717, 1.165) is 29.6 Å². The van der Waals surface area contributed by atoms with E-state index in [0.29, 0.717) is 23.6 Å². The normalized spacial score (nSPS) is 11.0. The summed E-state index contributed by atoms with van der Waals surface area (Å²) in [6.45, 7) is 2.49. The summed E-state index contributed by atoms with van der Waals surface area (Å²) in [5.74, 6) is 0.222. The highest BCUT2D eigenvalue weighted by molar-refractivity contribution is 5.90. The Balaban J connectivity index is 1.58. The third-order valence-corrected chi connectivity index (χ3v) is 4.14. The second-order valence-electron chi connectivity index (χ2n) is 6.06. The van der Waals surface area contributed by atoms with Crippen molar-refractivity contribution in [2.75, 3.05) is 11.9 Å². The molecule has 0 bridgehead atoms. The number of ether oxygens (including phenoxy) is 1. The van der Waals surface area contributed by atoms with Crippen LogP contribution in [0.2, 0.25) is 0 Å². The minimum Gasteiger partial charge on any atom is -0.462 e. The smallest absolute Gasteiger partial charge is 0.338 e. The van der Waals surface area contributed by atoms with Gasteiger partial charge in [-0.1, -0.05) is 25.5 Å². The van der Waals surface area contributed by atoms with E-state index in [1.165, 1.54) is 0 Å². The van der Waals surface area contributed by atoms with Gasteiger partial charge in [-0.2, -0.15) is 4.52 Å². The summed E-state index contributed by atoms with van der Waals surface area (Å²) >= 11 is 0. The molecule has 0 aliphatic heterocycles. The van der Waals surface area contributed by atoms with Crippen LogP contribution >= 0.6 is 0 Å². The van der Waals surface area contributed by atoms with E-state index in [4.69, 9.17) is 4.74 Å². The van der Waals surface area contributed by atoms with Crippen molar-refractivity contribution in [3.8, 4) is 0 Å². The van der Waals surface area contributed by atoms with Crippen LogP contribution in [0.1, 0.15) is 30.1 Å². The molecule has 0 amide bonds. The Morgan fingerprint density at radius 3 is 2.78 bits per heavy atom. The fourth-order valence-electron chi connectivity index (χ4n) is 2.71. The van der Waals surface area contributed by atoms with E-state index in [9.17, 15) is 4.79 Å². The number of hydrogen-bond donors (Lipinski definition) is 1. The minimum absolute atomic E-state index is 0.317. The molecule has 2 heterocycles. The molecule has 0 aliphatic carbocycles. The van der Waals surface area contributed by atoms with Crippen LogP contribution in [0.5, 0.6) is 0 Å². The predicted molar refractivity (Wildman–Crippen MR) is 101 cm³/mol. The molecule has 0 fully saturated rings. The van der Waals surface area contributed by atoms with E-state index in [1.54, 1.807) is 28.8 Å². The summed E-state index contributed by atoms with van der Waals surface area (Å²) in [5, 5.41) is 15.1. The Morgan fingerprint density at radius 2 is 1.96 bits per heavy atom. The second-order valence-corrected chi connectivity index (χ2v) is 6.06. The molecule has 0 atom stereocenters. The number of carbonyl (C=O) groups is 1. The van der Waals surface area contributed by atoms with Crippen molar-refractivity contribution in [2.24, 2.45) is 0 Å². The van der Waals surface area contributed by atoms with Crippen LogP contribution in [0, 0.1) is 0 Å². The number of esters is 1. The number of rotatable bonds is 6. The number of para-hydroxylation sites is 2. The first-order valence-electron chi connectivity index (χ1n) is 8.77. The number of nitrogens with zero attached hydrogens (tertiary/aromatic N) is 5. The van der Waals surface area contributed by atoms with Crippen molar-refractivity contribution >= 4 is 34.2 Å². The van der Waals surface area contributed by atoms with Crippen LogP contribution in [0.4, 0.5) is 11.5 Å². The molecule has 4 rings (SSSR count). The van der Waals surface area contributed by atoms with Crippen LogP contribution in [0.15, 0.2) is 48.5 Å². The quantitative estimate of drug-likeness (QED) is 0.415. The summed E-state index contributed by atoms with van der Waals surface area (Å²) < 4.78 is 6.86. The van der Waals surface area contributed by atoms with Crippen molar-refractivity contribution in [1.29, 1.82) is 0 Å². The highest BCUT2D eigenvalue weighted by atomic mass is 16.5. The second kappa shape index (κ2) is 7.36. The molecule has 136 valence electrons. The van der Waals surface area contributed by atoms with Gasteiger partial charge in [0.25, 0.3) is 0 Å². The van der Waals surface area contributed by atoms with Gasteiger partial charge in [0.05, 0.1) is 23.2 Å². The molecule has 2 aromatic carbocycles. The fraction of sp³-hybridized carbons (Fsp3) is 0.211. The Labute approximate surface area is 155 Å². The van der Waals surface area contributed by atoms with Gasteiger partial charge in [0.15, 0.2) is 5.82 Å². The Kier molecular flexibility index (Phi) is 4.61. The third-order valence-electron chi connectivity index (χ3n) is 4.14. The molecular formula is C19H18N6O2. The van der Waals surface area contributed by atoms with Gasteiger partial charge < -0.3 is 10.1 Å². The average Bonchev–Trinajstić information content (AvgIpc) is 3.19. The lowest BCUT2D eigenvalue weighted by atomic mass is 10.2. The number of fused-ring (bicyclic) bond motifs is 3. The lowest BCUT2D eigenvalue weighted by molar-refractivity contribution is 0.0500. The number of tetrazole rings is 1. The van der Waals surface area contributed by atoms with Crippen LogP contribution in [0.3, 0.4) is 0 Å². The summed E-state index contributed by atoms with van der Waals surface area (Å²) in [6, 6.07) is 14.7. The Hall–Kier alpha value is -3.55. The van der Waals surface area contributed by atoms with Crippen LogP contribution < -0.4 is 5.32 Å². The molecule has 1 N–H and O–H groups in total. The topological polar surface area (TPSA) is 94.3 Å². The average molecular weight is 362 g/mol. The van der Waals surface area contributed by atoms with Crippen molar-refractivity contribution in [3.63, 3.8) is 0 Å². The maximum absolute atomic E-state index is 12.0. The van der Waals surface area contributed by atoms with Crippen molar-refractivity contribution < 1.29 is 9.53 Å². The van der Waals surface area contributed by atoms with Crippen molar-refractivity contribution in [3.05, 3.63) is 54.1 Å². The summed E-state index contributed by atoms with van der Waals surface area (Å²) in [4.78, 5) is 16.6. The molecule has 0 unspecified atom stereocenters. The molecule has 0 spiro atoms. The number of aromatic nitrogens is 5. The Morgan fingerprint density at radius 1 is 1.15 bits per heavy atom.